The molecule has 0 aliphatic heterocycles. The monoisotopic (exact) mass is 491 g/mol. The average molecular weight is 492 g/mol. The first-order valence-corrected chi connectivity index (χ1v) is 12.5. The lowest BCUT2D eigenvalue weighted by Gasteiger charge is -2.24. The number of aromatic nitrogens is 1. The summed E-state index contributed by atoms with van der Waals surface area (Å²) in [5.74, 6) is -0.310. The highest BCUT2D eigenvalue weighted by Gasteiger charge is 2.21. The Bertz CT molecular complexity index is 1230. The molecule has 1 amide bonds. The Balaban J connectivity index is 1.86. The van der Waals surface area contributed by atoms with Gasteiger partial charge in [-0.3, -0.25) is 14.1 Å². The second-order valence-electron chi connectivity index (χ2n) is 7.72. The summed E-state index contributed by atoms with van der Waals surface area (Å²) in [5, 5.41) is 3.46. The van der Waals surface area contributed by atoms with E-state index in [1.807, 2.05) is 26.0 Å². The van der Waals surface area contributed by atoms with Gasteiger partial charge in [-0.2, -0.15) is 0 Å². The molecule has 0 radical (unpaired) electrons. The summed E-state index contributed by atoms with van der Waals surface area (Å²) in [6, 6.07) is 15.2. The van der Waals surface area contributed by atoms with Gasteiger partial charge in [0.15, 0.2) is 0 Å². The smallest absolute Gasteiger partial charge is 0.257 e. The molecule has 0 unspecified atom stereocenters. The number of nitrogens with zero attached hydrogens (tertiary/aromatic N) is 2. The topological polar surface area (TPSA) is 79.4 Å². The van der Waals surface area contributed by atoms with Gasteiger partial charge in [-0.25, -0.2) is 8.42 Å². The van der Waals surface area contributed by atoms with Crippen LogP contribution in [0, 0.1) is 5.92 Å². The van der Waals surface area contributed by atoms with E-state index in [4.69, 9.17) is 23.2 Å². The van der Waals surface area contributed by atoms with E-state index in [0.717, 1.165) is 6.26 Å². The molecule has 0 aliphatic rings. The van der Waals surface area contributed by atoms with Crippen LogP contribution in [0.5, 0.6) is 0 Å². The highest BCUT2D eigenvalue weighted by molar-refractivity contribution is 7.92. The zero-order valence-corrected chi connectivity index (χ0v) is 20.2. The zero-order chi connectivity index (χ0) is 23.5. The van der Waals surface area contributed by atoms with E-state index < -0.39 is 15.9 Å². The molecule has 0 saturated carbocycles. The average Bonchev–Trinajstić information content (AvgIpc) is 2.73. The van der Waals surface area contributed by atoms with E-state index in [1.165, 1.54) is 16.4 Å². The minimum Gasteiger partial charge on any atom is -0.322 e. The number of pyridine rings is 1. The maximum atomic E-state index is 12.8. The molecule has 1 aromatic heterocycles. The van der Waals surface area contributed by atoms with Crippen molar-refractivity contribution in [3.05, 3.63) is 76.4 Å². The molecule has 9 heteroatoms. The van der Waals surface area contributed by atoms with Gasteiger partial charge >= 0.3 is 0 Å². The minimum atomic E-state index is -3.49. The Kier molecular flexibility index (Phi) is 7.44. The van der Waals surface area contributed by atoms with Crippen LogP contribution in [0.1, 0.15) is 24.2 Å². The lowest BCUT2D eigenvalue weighted by atomic mass is 10.1. The molecule has 0 spiro atoms. The highest BCUT2D eigenvalue weighted by Crippen LogP contribution is 2.30. The molecule has 2 aromatic carbocycles. The van der Waals surface area contributed by atoms with E-state index in [-0.39, 0.29) is 16.5 Å². The molecular formula is C23H23Cl2N3O3S. The van der Waals surface area contributed by atoms with Crippen molar-refractivity contribution < 1.29 is 13.2 Å². The predicted octanol–water partition coefficient (Wildman–Crippen LogP) is 5.73. The molecule has 0 aliphatic carbocycles. The van der Waals surface area contributed by atoms with Crippen LogP contribution in [-0.2, 0) is 10.0 Å². The molecule has 3 rings (SSSR count). The van der Waals surface area contributed by atoms with Crippen molar-refractivity contribution in [1.82, 2.24) is 4.98 Å². The van der Waals surface area contributed by atoms with Gasteiger partial charge in [0.25, 0.3) is 5.91 Å². The third kappa shape index (κ3) is 5.79. The van der Waals surface area contributed by atoms with E-state index in [2.05, 4.69) is 10.3 Å². The second kappa shape index (κ2) is 9.90. The van der Waals surface area contributed by atoms with Gasteiger partial charge in [0.05, 0.1) is 33.2 Å². The Morgan fingerprint density at radius 1 is 1.06 bits per heavy atom. The van der Waals surface area contributed by atoms with Crippen LogP contribution in [-0.4, -0.2) is 32.1 Å². The summed E-state index contributed by atoms with van der Waals surface area (Å²) in [5.41, 5.74) is 2.53. The molecule has 0 fully saturated rings. The lowest BCUT2D eigenvalue weighted by molar-refractivity contribution is 0.102. The molecule has 6 nitrogen and oxygen atoms in total. The van der Waals surface area contributed by atoms with E-state index in [0.29, 0.717) is 34.2 Å². The third-order valence-corrected chi connectivity index (χ3v) is 6.38. The molecular weight excluding hydrogens is 469 g/mol. The van der Waals surface area contributed by atoms with Crippen molar-refractivity contribution >= 4 is 50.5 Å². The summed E-state index contributed by atoms with van der Waals surface area (Å²) < 4.78 is 25.7. The van der Waals surface area contributed by atoms with Crippen molar-refractivity contribution in [2.24, 2.45) is 5.92 Å². The number of amides is 1. The summed E-state index contributed by atoms with van der Waals surface area (Å²) in [4.78, 5) is 17.1. The Morgan fingerprint density at radius 3 is 2.41 bits per heavy atom. The van der Waals surface area contributed by atoms with Gasteiger partial charge in [-0.05, 0) is 54.4 Å². The van der Waals surface area contributed by atoms with Gasteiger partial charge in [-0.1, -0.05) is 43.1 Å². The van der Waals surface area contributed by atoms with Gasteiger partial charge in [0.2, 0.25) is 10.0 Å². The highest BCUT2D eigenvalue weighted by atomic mass is 35.5. The Hall–Kier alpha value is -2.61. The molecule has 0 atom stereocenters. The number of carbonyl (C=O) groups excluding carboxylic acids is 1. The van der Waals surface area contributed by atoms with E-state index >= 15 is 0 Å². The van der Waals surface area contributed by atoms with Crippen LogP contribution < -0.4 is 9.62 Å². The fraction of sp³-hybridized carbons (Fsp3) is 0.217. The minimum absolute atomic E-state index is 0.115. The maximum Gasteiger partial charge on any atom is 0.257 e. The Labute approximate surface area is 198 Å². The van der Waals surface area contributed by atoms with Crippen LogP contribution in [0.25, 0.3) is 11.3 Å². The normalized spacial score (nSPS) is 11.4. The molecule has 0 saturated heterocycles. The van der Waals surface area contributed by atoms with Gasteiger partial charge in [0.1, 0.15) is 0 Å². The number of anilines is 2. The van der Waals surface area contributed by atoms with Gasteiger partial charge in [-0.15, -0.1) is 0 Å². The van der Waals surface area contributed by atoms with E-state index in [1.54, 1.807) is 36.5 Å². The predicted molar refractivity (Wildman–Crippen MR) is 131 cm³/mol. The molecule has 1 heterocycles. The van der Waals surface area contributed by atoms with Crippen molar-refractivity contribution in [3.8, 4) is 11.3 Å². The number of hydrogen-bond acceptors (Lipinski definition) is 4. The quantitative estimate of drug-likeness (QED) is 0.457. The van der Waals surface area contributed by atoms with Crippen molar-refractivity contribution in [2.45, 2.75) is 13.8 Å². The largest absolute Gasteiger partial charge is 0.322 e. The fourth-order valence-electron chi connectivity index (χ4n) is 3.13. The standard InChI is InChI=1S/C23H23Cl2N3O3S/c1-15(2)14-28(32(3,30)31)17-8-9-18(21(25)13-17)23(29)27-16-7-10-20(24)19(12-16)22-6-4-5-11-26-22/h4-13,15H,14H2,1-3H3,(H,27,29). The van der Waals surface area contributed by atoms with E-state index in [9.17, 15) is 13.2 Å². The fourth-order valence-corrected chi connectivity index (χ4v) is 4.67. The first-order chi connectivity index (χ1) is 15.1. The third-order valence-electron chi connectivity index (χ3n) is 4.58. The number of benzene rings is 2. The lowest BCUT2D eigenvalue weighted by Crippen LogP contribution is -2.33. The molecule has 1 N–H and O–H groups in total. The number of sulfonamides is 1. The van der Waals surface area contributed by atoms with Crippen LogP contribution in [0.4, 0.5) is 11.4 Å². The molecule has 3 aromatic rings. The molecule has 32 heavy (non-hydrogen) atoms. The number of carbonyl (C=O) groups is 1. The maximum absolute atomic E-state index is 12.8. The van der Waals surface area contributed by atoms with Crippen molar-refractivity contribution in [1.29, 1.82) is 0 Å². The summed E-state index contributed by atoms with van der Waals surface area (Å²) in [6.07, 6.45) is 2.81. The second-order valence-corrected chi connectivity index (χ2v) is 10.4. The zero-order valence-electron chi connectivity index (χ0n) is 17.8. The summed E-state index contributed by atoms with van der Waals surface area (Å²) in [6.45, 7) is 4.15. The van der Waals surface area contributed by atoms with Crippen LogP contribution in [0.2, 0.25) is 10.0 Å². The van der Waals surface area contributed by atoms with Crippen molar-refractivity contribution in [3.63, 3.8) is 0 Å². The first kappa shape index (κ1) is 24.0. The number of hydrogen-bond donors (Lipinski definition) is 1. The van der Waals surface area contributed by atoms with Gasteiger partial charge in [0, 0.05) is 24.0 Å². The van der Waals surface area contributed by atoms with Crippen LogP contribution in [0.3, 0.4) is 0 Å². The molecule has 0 bridgehead atoms. The SMILES string of the molecule is CC(C)CN(c1ccc(C(=O)Nc2ccc(Cl)c(-c3ccccn3)c2)c(Cl)c1)S(C)(=O)=O. The summed E-state index contributed by atoms with van der Waals surface area (Å²) in [7, 11) is -3.49. The molecule has 168 valence electrons. The number of halogens is 2. The number of rotatable bonds is 7. The van der Waals surface area contributed by atoms with Crippen LogP contribution in [0.15, 0.2) is 60.8 Å². The Morgan fingerprint density at radius 2 is 1.81 bits per heavy atom. The van der Waals surface area contributed by atoms with Crippen molar-refractivity contribution in [2.75, 3.05) is 22.4 Å². The first-order valence-electron chi connectivity index (χ1n) is 9.86. The van der Waals surface area contributed by atoms with Crippen LogP contribution >= 0.6 is 23.2 Å². The van der Waals surface area contributed by atoms with Gasteiger partial charge < -0.3 is 5.32 Å². The summed E-state index contributed by atoms with van der Waals surface area (Å²) >= 11 is 12.7. The number of nitrogens with one attached hydrogen (secondary N) is 1.